The van der Waals surface area contributed by atoms with E-state index in [-0.39, 0.29) is 23.5 Å². The molecule has 0 N–H and O–H groups in total. The lowest BCUT2D eigenvalue weighted by Gasteiger charge is -2.31. The van der Waals surface area contributed by atoms with Gasteiger partial charge in [0.05, 0.1) is 5.92 Å². The molecule has 7 nitrogen and oxygen atoms in total. The molecule has 2 aromatic carbocycles. The van der Waals surface area contributed by atoms with Crippen LogP contribution >= 0.6 is 0 Å². The molecule has 1 amide bonds. The number of carbonyl (C=O) groups excluding carboxylic acids is 1. The van der Waals surface area contributed by atoms with Gasteiger partial charge in [-0.05, 0) is 56.2 Å². The summed E-state index contributed by atoms with van der Waals surface area (Å²) in [6.07, 6.45) is 1.53. The lowest BCUT2D eigenvalue weighted by atomic mass is 9.96. The van der Waals surface area contributed by atoms with Crippen LogP contribution in [0.15, 0.2) is 57.6 Å². The van der Waals surface area contributed by atoms with Crippen LogP contribution < -0.4 is 0 Å². The second-order valence-electron chi connectivity index (χ2n) is 8.03. The summed E-state index contributed by atoms with van der Waals surface area (Å²) in [5, 5.41) is 8.02. The molecule has 9 heteroatoms. The highest BCUT2D eigenvalue weighted by Gasteiger charge is 2.32. The highest BCUT2D eigenvalue weighted by molar-refractivity contribution is 6.00. The van der Waals surface area contributed by atoms with Gasteiger partial charge in [0.25, 0.3) is 5.91 Å². The molecule has 1 aliphatic rings. The Morgan fingerprint density at radius 3 is 2.64 bits per heavy atom. The largest absolute Gasteiger partial charge is 0.360 e. The standard InChI is InChI=1S/C24H20F2N4O3/c1-14-20(21(28-32-14)15-7-9-18(25)10-8-15)24(31)30-11-3-5-17(13-30)23-27-22(29-33-23)16-4-2-6-19(26)12-16/h2,4,6-10,12,17H,3,5,11,13H2,1H3. The van der Waals surface area contributed by atoms with Crippen LogP contribution in [0.25, 0.3) is 22.6 Å². The summed E-state index contributed by atoms with van der Waals surface area (Å²) in [7, 11) is 0. The van der Waals surface area contributed by atoms with E-state index in [1.807, 2.05) is 0 Å². The SMILES string of the molecule is Cc1onc(-c2ccc(F)cc2)c1C(=O)N1CCCC(c2nc(-c3cccc(F)c3)no2)C1. The van der Waals surface area contributed by atoms with Crippen molar-refractivity contribution in [2.45, 2.75) is 25.7 Å². The van der Waals surface area contributed by atoms with Crippen molar-refractivity contribution in [2.75, 3.05) is 13.1 Å². The molecule has 5 rings (SSSR count). The normalized spacial score (nSPS) is 16.2. The highest BCUT2D eigenvalue weighted by Crippen LogP contribution is 2.31. The van der Waals surface area contributed by atoms with E-state index in [1.165, 1.54) is 24.3 Å². The summed E-state index contributed by atoms with van der Waals surface area (Å²) in [6.45, 7) is 2.63. The number of carbonyl (C=O) groups is 1. The van der Waals surface area contributed by atoms with Gasteiger partial charge < -0.3 is 13.9 Å². The highest BCUT2D eigenvalue weighted by atomic mass is 19.1. The molecule has 1 fully saturated rings. The van der Waals surface area contributed by atoms with E-state index in [2.05, 4.69) is 15.3 Å². The van der Waals surface area contributed by atoms with Crippen molar-refractivity contribution in [3.63, 3.8) is 0 Å². The van der Waals surface area contributed by atoms with E-state index in [9.17, 15) is 13.6 Å². The summed E-state index contributed by atoms with van der Waals surface area (Å²) in [4.78, 5) is 19.6. The molecule has 0 aliphatic carbocycles. The van der Waals surface area contributed by atoms with Crippen molar-refractivity contribution in [1.29, 1.82) is 0 Å². The molecule has 1 unspecified atom stereocenters. The smallest absolute Gasteiger partial charge is 0.259 e. The number of halogens is 2. The van der Waals surface area contributed by atoms with Gasteiger partial charge in [0, 0.05) is 24.2 Å². The Labute approximate surface area is 188 Å². The van der Waals surface area contributed by atoms with Gasteiger partial charge in [-0.15, -0.1) is 0 Å². The van der Waals surface area contributed by atoms with Crippen molar-refractivity contribution >= 4 is 5.91 Å². The van der Waals surface area contributed by atoms with Gasteiger partial charge in [0.1, 0.15) is 28.7 Å². The molecule has 168 valence electrons. The second kappa shape index (κ2) is 8.57. The van der Waals surface area contributed by atoms with Crippen molar-refractivity contribution in [1.82, 2.24) is 20.2 Å². The number of aryl methyl sites for hydroxylation is 1. The van der Waals surface area contributed by atoms with E-state index in [1.54, 1.807) is 36.1 Å². The molecule has 4 aromatic rings. The minimum Gasteiger partial charge on any atom is -0.360 e. The zero-order valence-electron chi connectivity index (χ0n) is 17.8. The first-order valence-electron chi connectivity index (χ1n) is 10.6. The molecule has 0 bridgehead atoms. The third-order valence-corrected chi connectivity index (χ3v) is 5.78. The van der Waals surface area contributed by atoms with E-state index in [0.717, 1.165) is 12.8 Å². The molecule has 33 heavy (non-hydrogen) atoms. The van der Waals surface area contributed by atoms with Crippen LogP contribution in [0.4, 0.5) is 8.78 Å². The Bertz CT molecular complexity index is 1300. The zero-order valence-corrected chi connectivity index (χ0v) is 17.8. The maximum absolute atomic E-state index is 13.5. The first-order valence-corrected chi connectivity index (χ1v) is 10.6. The van der Waals surface area contributed by atoms with E-state index >= 15 is 0 Å². The van der Waals surface area contributed by atoms with Crippen LogP contribution in [-0.2, 0) is 0 Å². The lowest BCUT2D eigenvalue weighted by molar-refractivity contribution is 0.0694. The average molecular weight is 450 g/mol. The minimum atomic E-state index is -0.380. The molecule has 1 saturated heterocycles. The summed E-state index contributed by atoms with van der Waals surface area (Å²) in [6, 6.07) is 11.7. The predicted octanol–water partition coefficient (Wildman–Crippen LogP) is 5.00. The number of nitrogens with zero attached hydrogens (tertiary/aromatic N) is 4. The molecule has 2 aromatic heterocycles. The summed E-state index contributed by atoms with van der Waals surface area (Å²) < 4.78 is 37.6. The maximum Gasteiger partial charge on any atom is 0.259 e. The number of hydrogen-bond donors (Lipinski definition) is 0. The number of amides is 1. The molecule has 0 saturated carbocycles. The lowest BCUT2D eigenvalue weighted by Crippen LogP contribution is -2.39. The molecule has 0 radical (unpaired) electrons. The second-order valence-corrected chi connectivity index (χ2v) is 8.03. The van der Waals surface area contributed by atoms with Gasteiger partial charge in [-0.2, -0.15) is 4.98 Å². The molecular weight excluding hydrogens is 430 g/mol. The fraction of sp³-hybridized carbons (Fsp3) is 0.250. The Balaban J connectivity index is 1.37. The van der Waals surface area contributed by atoms with Gasteiger partial charge in [-0.3, -0.25) is 4.79 Å². The van der Waals surface area contributed by atoms with Crippen molar-refractivity contribution < 1.29 is 22.6 Å². The van der Waals surface area contributed by atoms with E-state index in [0.29, 0.717) is 52.9 Å². The summed E-state index contributed by atoms with van der Waals surface area (Å²) >= 11 is 0. The number of rotatable bonds is 4. The molecular formula is C24H20F2N4O3. The first kappa shape index (κ1) is 21.0. The topological polar surface area (TPSA) is 85.3 Å². The first-order chi connectivity index (χ1) is 16.0. The Morgan fingerprint density at radius 1 is 1.03 bits per heavy atom. The average Bonchev–Trinajstić information content (AvgIpc) is 3.47. The van der Waals surface area contributed by atoms with Crippen molar-refractivity contribution in [3.05, 3.63) is 77.4 Å². The van der Waals surface area contributed by atoms with Crippen LogP contribution in [0.3, 0.4) is 0 Å². The Kier molecular flexibility index (Phi) is 5.45. The van der Waals surface area contributed by atoms with Crippen LogP contribution in [0.2, 0.25) is 0 Å². The molecule has 0 spiro atoms. The van der Waals surface area contributed by atoms with Gasteiger partial charge in [-0.1, -0.05) is 22.4 Å². The van der Waals surface area contributed by atoms with Crippen LogP contribution in [-0.4, -0.2) is 39.2 Å². The predicted molar refractivity (Wildman–Crippen MR) is 114 cm³/mol. The van der Waals surface area contributed by atoms with Crippen LogP contribution in [0, 0.1) is 18.6 Å². The van der Waals surface area contributed by atoms with Gasteiger partial charge in [-0.25, -0.2) is 8.78 Å². The van der Waals surface area contributed by atoms with Crippen LogP contribution in [0.5, 0.6) is 0 Å². The molecule has 1 atom stereocenters. The monoisotopic (exact) mass is 450 g/mol. The maximum atomic E-state index is 13.5. The summed E-state index contributed by atoms with van der Waals surface area (Å²) in [5.41, 5.74) is 1.86. The zero-order chi connectivity index (χ0) is 22.9. The fourth-order valence-electron chi connectivity index (χ4n) is 4.10. The third kappa shape index (κ3) is 4.13. The van der Waals surface area contributed by atoms with E-state index < -0.39 is 0 Å². The fourth-order valence-corrected chi connectivity index (χ4v) is 4.10. The number of hydrogen-bond acceptors (Lipinski definition) is 6. The molecule has 1 aliphatic heterocycles. The van der Waals surface area contributed by atoms with Gasteiger partial charge in [0.15, 0.2) is 0 Å². The Morgan fingerprint density at radius 2 is 1.85 bits per heavy atom. The van der Waals surface area contributed by atoms with Gasteiger partial charge >= 0.3 is 0 Å². The van der Waals surface area contributed by atoms with E-state index in [4.69, 9.17) is 9.05 Å². The third-order valence-electron chi connectivity index (χ3n) is 5.78. The van der Waals surface area contributed by atoms with Crippen LogP contribution in [0.1, 0.15) is 40.8 Å². The van der Waals surface area contributed by atoms with Crippen molar-refractivity contribution in [2.24, 2.45) is 0 Å². The number of piperidine rings is 1. The Hall–Kier alpha value is -3.88. The molecule has 3 heterocycles. The number of likely N-dealkylation sites (tertiary alicyclic amines) is 1. The number of benzene rings is 2. The quantitative estimate of drug-likeness (QED) is 0.435. The van der Waals surface area contributed by atoms with Gasteiger partial charge in [0.2, 0.25) is 11.7 Å². The minimum absolute atomic E-state index is 0.146. The number of aromatic nitrogens is 3. The summed E-state index contributed by atoms with van der Waals surface area (Å²) in [5.74, 6) is -0.00609. The van der Waals surface area contributed by atoms with Crippen molar-refractivity contribution in [3.8, 4) is 22.6 Å².